The van der Waals surface area contributed by atoms with Gasteiger partial charge in [-0.15, -0.1) is 0 Å². The standard InChI is InChI=1S/C28H34N2O5/c1-27(2,3)24(25(32)33)30-23(31)15-28(13-8-14-28)17-29-26(34)35-16-22-20-11-6-4-9-18(20)19-10-5-7-12-21(19)22/h4-7,9-12,22,24H,8,13-17H2,1-3H3,(H,29,34)(H,30,31)(H,32,33)/t24-/m0/s1. The first-order valence-corrected chi connectivity index (χ1v) is 12.2. The zero-order valence-electron chi connectivity index (χ0n) is 20.6. The molecule has 0 aromatic heterocycles. The smallest absolute Gasteiger partial charge is 0.407 e. The molecule has 1 saturated carbocycles. The van der Waals surface area contributed by atoms with E-state index in [1.165, 1.54) is 11.1 Å². The lowest BCUT2D eigenvalue weighted by Crippen LogP contribution is -2.52. The van der Waals surface area contributed by atoms with Crippen LogP contribution in [0.1, 0.15) is 63.5 Å². The van der Waals surface area contributed by atoms with Crippen LogP contribution in [0.4, 0.5) is 4.79 Å². The molecule has 1 atom stereocenters. The van der Waals surface area contributed by atoms with Crippen LogP contribution < -0.4 is 10.6 Å². The molecule has 2 aromatic rings. The van der Waals surface area contributed by atoms with Crippen molar-refractivity contribution in [1.29, 1.82) is 0 Å². The lowest BCUT2D eigenvalue weighted by atomic mass is 9.66. The first kappa shape index (κ1) is 24.8. The maximum absolute atomic E-state index is 12.7. The molecule has 186 valence electrons. The van der Waals surface area contributed by atoms with E-state index in [1.54, 1.807) is 20.8 Å². The topological polar surface area (TPSA) is 105 Å². The Hall–Kier alpha value is -3.35. The lowest BCUT2D eigenvalue weighted by molar-refractivity contribution is -0.145. The number of ether oxygens (including phenoxy) is 1. The number of nitrogens with one attached hydrogen (secondary N) is 2. The zero-order valence-corrected chi connectivity index (χ0v) is 20.6. The fourth-order valence-corrected chi connectivity index (χ4v) is 5.20. The molecule has 0 saturated heterocycles. The minimum Gasteiger partial charge on any atom is -0.480 e. The highest BCUT2D eigenvalue weighted by Crippen LogP contribution is 2.45. The molecule has 4 rings (SSSR count). The molecule has 0 radical (unpaired) electrons. The molecule has 2 aromatic carbocycles. The number of carboxylic acid groups (broad SMARTS) is 1. The van der Waals surface area contributed by atoms with Gasteiger partial charge in [-0.1, -0.05) is 75.7 Å². The number of carbonyl (C=O) groups is 3. The Morgan fingerprint density at radius 3 is 2.09 bits per heavy atom. The van der Waals surface area contributed by atoms with Crippen molar-refractivity contribution in [2.24, 2.45) is 10.8 Å². The highest BCUT2D eigenvalue weighted by atomic mass is 16.5. The van der Waals surface area contributed by atoms with Crippen LogP contribution in [-0.2, 0) is 14.3 Å². The Morgan fingerprint density at radius 1 is 1.03 bits per heavy atom. The summed E-state index contributed by atoms with van der Waals surface area (Å²) >= 11 is 0. The number of hydrogen-bond donors (Lipinski definition) is 3. The fourth-order valence-electron chi connectivity index (χ4n) is 5.20. The van der Waals surface area contributed by atoms with E-state index in [0.29, 0.717) is 6.54 Å². The van der Waals surface area contributed by atoms with Crippen LogP contribution in [0.5, 0.6) is 0 Å². The molecule has 0 aliphatic heterocycles. The number of aliphatic carboxylic acids is 1. The van der Waals surface area contributed by atoms with Crippen LogP contribution >= 0.6 is 0 Å². The maximum Gasteiger partial charge on any atom is 0.407 e. The van der Waals surface area contributed by atoms with E-state index >= 15 is 0 Å². The summed E-state index contributed by atoms with van der Waals surface area (Å²) in [4.78, 5) is 36.8. The summed E-state index contributed by atoms with van der Waals surface area (Å²) in [5.41, 5.74) is 3.68. The van der Waals surface area contributed by atoms with Crippen LogP contribution in [-0.4, -0.2) is 42.3 Å². The second-order valence-corrected chi connectivity index (χ2v) is 10.9. The van der Waals surface area contributed by atoms with Gasteiger partial charge < -0.3 is 20.5 Å². The molecule has 0 spiro atoms. The SMILES string of the molecule is CC(C)(C)[C@@H](NC(=O)CC1(CNC(=O)OCC2c3ccccc3-c3ccccc32)CCC1)C(=O)O. The van der Waals surface area contributed by atoms with Crippen LogP contribution in [0.2, 0.25) is 0 Å². The van der Waals surface area contributed by atoms with Gasteiger partial charge in [-0.2, -0.15) is 0 Å². The van der Waals surface area contributed by atoms with Gasteiger partial charge in [0.15, 0.2) is 0 Å². The highest BCUT2D eigenvalue weighted by Gasteiger charge is 2.41. The van der Waals surface area contributed by atoms with Gasteiger partial charge in [-0.25, -0.2) is 9.59 Å². The van der Waals surface area contributed by atoms with Crippen LogP contribution in [0, 0.1) is 10.8 Å². The molecule has 0 heterocycles. The van der Waals surface area contributed by atoms with Crippen molar-refractivity contribution in [3.05, 3.63) is 59.7 Å². The van der Waals surface area contributed by atoms with Gasteiger partial charge in [0.1, 0.15) is 12.6 Å². The summed E-state index contributed by atoms with van der Waals surface area (Å²) in [6.45, 7) is 5.90. The third kappa shape index (κ3) is 5.34. The van der Waals surface area contributed by atoms with E-state index in [1.807, 2.05) is 24.3 Å². The zero-order chi connectivity index (χ0) is 25.2. The molecule has 7 nitrogen and oxygen atoms in total. The van der Waals surface area contributed by atoms with Gasteiger partial charge in [0.05, 0.1) is 0 Å². The number of amides is 2. The van der Waals surface area contributed by atoms with Gasteiger partial charge in [0, 0.05) is 18.9 Å². The number of hydrogen-bond acceptors (Lipinski definition) is 4. The third-order valence-electron chi connectivity index (χ3n) is 7.32. The molecular formula is C28H34N2O5. The number of fused-ring (bicyclic) bond motifs is 3. The number of alkyl carbamates (subject to hydrolysis) is 1. The minimum absolute atomic E-state index is 0.0121. The van der Waals surface area contributed by atoms with Crippen molar-refractivity contribution >= 4 is 18.0 Å². The molecule has 2 amide bonds. The van der Waals surface area contributed by atoms with Gasteiger partial charge in [-0.3, -0.25) is 4.79 Å². The van der Waals surface area contributed by atoms with Crippen LogP contribution in [0.15, 0.2) is 48.5 Å². The molecule has 2 aliphatic carbocycles. The van der Waals surface area contributed by atoms with E-state index < -0.39 is 23.5 Å². The fraction of sp³-hybridized carbons (Fsp3) is 0.464. The Labute approximate surface area is 206 Å². The Kier molecular flexibility index (Phi) is 6.88. The van der Waals surface area contributed by atoms with E-state index in [4.69, 9.17) is 4.74 Å². The second kappa shape index (κ2) is 9.72. The molecule has 1 fully saturated rings. The lowest BCUT2D eigenvalue weighted by Gasteiger charge is -2.42. The average molecular weight is 479 g/mol. The summed E-state index contributed by atoms with van der Waals surface area (Å²) in [6.07, 6.45) is 2.25. The van der Waals surface area contributed by atoms with E-state index in [2.05, 4.69) is 34.9 Å². The van der Waals surface area contributed by atoms with Crippen molar-refractivity contribution in [2.75, 3.05) is 13.2 Å². The Morgan fingerprint density at radius 2 is 1.60 bits per heavy atom. The highest BCUT2D eigenvalue weighted by molar-refractivity contribution is 5.84. The number of carboxylic acids is 1. The molecule has 3 N–H and O–H groups in total. The molecule has 2 aliphatic rings. The van der Waals surface area contributed by atoms with Crippen molar-refractivity contribution in [3.8, 4) is 11.1 Å². The van der Waals surface area contributed by atoms with Gasteiger partial charge in [-0.05, 0) is 45.9 Å². The van der Waals surface area contributed by atoms with Crippen molar-refractivity contribution < 1.29 is 24.2 Å². The summed E-state index contributed by atoms with van der Waals surface area (Å²) in [7, 11) is 0. The summed E-state index contributed by atoms with van der Waals surface area (Å²) in [6, 6.07) is 15.4. The van der Waals surface area contributed by atoms with Crippen LogP contribution in [0.3, 0.4) is 0 Å². The van der Waals surface area contributed by atoms with Crippen LogP contribution in [0.25, 0.3) is 11.1 Å². The number of carbonyl (C=O) groups excluding carboxylic acids is 2. The van der Waals surface area contributed by atoms with Crippen molar-refractivity contribution in [2.45, 2.75) is 58.4 Å². The van der Waals surface area contributed by atoms with Gasteiger partial charge in [0.2, 0.25) is 5.91 Å². The second-order valence-electron chi connectivity index (χ2n) is 10.9. The van der Waals surface area contributed by atoms with Gasteiger partial charge >= 0.3 is 12.1 Å². The quantitative estimate of drug-likeness (QED) is 0.510. The largest absolute Gasteiger partial charge is 0.480 e. The average Bonchev–Trinajstić information content (AvgIpc) is 3.10. The first-order valence-electron chi connectivity index (χ1n) is 12.2. The number of rotatable bonds is 8. The van der Waals surface area contributed by atoms with Crippen molar-refractivity contribution in [3.63, 3.8) is 0 Å². The van der Waals surface area contributed by atoms with Gasteiger partial charge in [0.25, 0.3) is 0 Å². The maximum atomic E-state index is 12.7. The molecule has 7 heteroatoms. The Bertz CT molecular complexity index is 1070. The predicted octanol–water partition coefficient (Wildman–Crippen LogP) is 4.70. The summed E-state index contributed by atoms with van der Waals surface area (Å²) < 4.78 is 5.62. The van der Waals surface area contributed by atoms with Crippen molar-refractivity contribution in [1.82, 2.24) is 10.6 Å². The normalized spacial score (nSPS) is 16.9. The molecular weight excluding hydrogens is 444 g/mol. The molecule has 0 bridgehead atoms. The molecule has 0 unspecified atom stereocenters. The number of benzene rings is 2. The minimum atomic E-state index is -1.05. The van der Waals surface area contributed by atoms with E-state index in [0.717, 1.165) is 30.4 Å². The molecule has 35 heavy (non-hydrogen) atoms. The monoisotopic (exact) mass is 478 g/mol. The third-order valence-corrected chi connectivity index (χ3v) is 7.32. The predicted molar refractivity (Wildman–Crippen MR) is 133 cm³/mol. The van der Waals surface area contributed by atoms with E-state index in [9.17, 15) is 19.5 Å². The Balaban J connectivity index is 1.32. The van der Waals surface area contributed by atoms with E-state index in [-0.39, 0.29) is 30.3 Å². The first-order chi connectivity index (χ1) is 16.6. The summed E-state index contributed by atoms with van der Waals surface area (Å²) in [5.74, 6) is -1.37. The summed E-state index contributed by atoms with van der Waals surface area (Å²) in [5, 5.41) is 15.0.